The van der Waals surface area contributed by atoms with E-state index in [-0.39, 0.29) is 70.6 Å². The first-order valence-electron chi connectivity index (χ1n) is 5.65. The standard InChI is InChI=1S/C11H20N2O3Si.K.H/c1-8(16-9(2)17(3,4)5)13-7-6-12-10(13)11(14)15;;/h6-9H,1-5H3,(H,14,15);;/q;+1;-1/t8-,9?;;/m0../s1. The molecule has 18 heavy (non-hydrogen) atoms. The third-order valence-electron chi connectivity index (χ3n) is 2.87. The molecule has 1 N–H and O–H groups in total. The molecule has 0 aliphatic rings. The average molecular weight is 296 g/mol. The van der Waals surface area contributed by atoms with Gasteiger partial charge in [-0.3, -0.25) is 4.57 Å². The number of aromatic nitrogens is 2. The van der Waals surface area contributed by atoms with Crippen LogP contribution in [0.5, 0.6) is 0 Å². The molecule has 1 rings (SSSR count). The molecule has 0 aliphatic heterocycles. The van der Waals surface area contributed by atoms with Crippen LogP contribution in [-0.2, 0) is 4.74 Å². The molecule has 98 valence electrons. The number of aromatic carboxylic acids is 1. The summed E-state index contributed by atoms with van der Waals surface area (Å²) >= 11 is 0. The largest absolute Gasteiger partial charge is 1.00 e. The minimum absolute atomic E-state index is 0. The zero-order valence-electron chi connectivity index (χ0n) is 13.0. The first-order chi connectivity index (χ1) is 7.73. The van der Waals surface area contributed by atoms with Gasteiger partial charge in [0, 0.05) is 18.1 Å². The number of carbonyl (C=O) groups is 1. The molecule has 0 fully saturated rings. The first-order valence-corrected chi connectivity index (χ1v) is 9.23. The van der Waals surface area contributed by atoms with E-state index in [1.165, 1.54) is 6.20 Å². The molecule has 1 aromatic heterocycles. The number of nitrogens with zero attached hydrogens (tertiary/aromatic N) is 2. The van der Waals surface area contributed by atoms with Crippen molar-refractivity contribution in [3.8, 4) is 0 Å². The Hall–Kier alpha value is 0.493. The van der Waals surface area contributed by atoms with Crippen molar-refractivity contribution in [2.24, 2.45) is 0 Å². The molecule has 1 unspecified atom stereocenters. The Labute approximate surface area is 153 Å². The molecule has 0 spiro atoms. The van der Waals surface area contributed by atoms with Crippen molar-refractivity contribution in [1.82, 2.24) is 9.55 Å². The first kappa shape index (κ1) is 18.5. The van der Waals surface area contributed by atoms with Crippen LogP contribution in [0.3, 0.4) is 0 Å². The maximum Gasteiger partial charge on any atom is 1.00 e. The summed E-state index contributed by atoms with van der Waals surface area (Å²) in [7, 11) is -1.38. The van der Waals surface area contributed by atoms with Gasteiger partial charge in [0.2, 0.25) is 5.82 Å². The fraction of sp³-hybridized carbons (Fsp3) is 0.636. The second-order valence-corrected chi connectivity index (χ2v) is 10.8. The zero-order valence-corrected chi connectivity index (χ0v) is 16.1. The van der Waals surface area contributed by atoms with E-state index in [1.54, 1.807) is 10.8 Å². The van der Waals surface area contributed by atoms with Gasteiger partial charge in [-0.2, -0.15) is 0 Å². The van der Waals surface area contributed by atoms with Crippen molar-refractivity contribution in [1.29, 1.82) is 0 Å². The fourth-order valence-electron chi connectivity index (χ4n) is 1.34. The fourth-order valence-corrected chi connectivity index (χ4v) is 1.94. The van der Waals surface area contributed by atoms with Gasteiger partial charge in [-0.1, -0.05) is 19.6 Å². The number of carboxylic acid groups (broad SMARTS) is 1. The molecular formula is C11H21KN2O3Si. The summed E-state index contributed by atoms with van der Waals surface area (Å²) in [6, 6.07) is 0. The molecule has 0 radical (unpaired) electrons. The normalized spacial score (nSPS) is 14.7. The van der Waals surface area contributed by atoms with E-state index in [0.29, 0.717) is 0 Å². The molecule has 0 bridgehead atoms. The maximum absolute atomic E-state index is 10.9. The van der Waals surface area contributed by atoms with E-state index in [4.69, 9.17) is 9.84 Å². The Bertz CT molecular complexity index is 409. The van der Waals surface area contributed by atoms with Gasteiger partial charge in [-0.25, -0.2) is 9.78 Å². The Morgan fingerprint density at radius 1 is 1.50 bits per heavy atom. The summed E-state index contributed by atoms with van der Waals surface area (Å²) in [5, 5.41) is 8.97. The number of rotatable bonds is 5. The smallest absolute Gasteiger partial charge is 1.00 e. The number of hydrogen-bond donors (Lipinski definition) is 1. The van der Waals surface area contributed by atoms with E-state index in [1.807, 2.05) is 13.8 Å². The van der Waals surface area contributed by atoms with Crippen LogP contribution in [0.15, 0.2) is 12.4 Å². The molecule has 5 nitrogen and oxygen atoms in total. The van der Waals surface area contributed by atoms with Crippen LogP contribution in [0.2, 0.25) is 19.6 Å². The van der Waals surface area contributed by atoms with E-state index in [2.05, 4.69) is 24.6 Å². The van der Waals surface area contributed by atoms with Gasteiger partial charge in [-0.05, 0) is 13.8 Å². The third-order valence-corrected chi connectivity index (χ3v) is 5.45. The van der Waals surface area contributed by atoms with Gasteiger partial charge < -0.3 is 11.3 Å². The Kier molecular flexibility index (Phi) is 7.52. The van der Waals surface area contributed by atoms with Crippen LogP contribution in [-0.4, -0.2) is 34.4 Å². The minimum Gasteiger partial charge on any atom is -1.00 e. The monoisotopic (exact) mass is 296 g/mol. The van der Waals surface area contributed by atoms with Crippen LogP contribution in [0.4, 0.5) is 0 Å². The Morgan fingerprint density at radius 2 is 2.06 bits per heavy atom. The summed E-state index contributed by atoms with van der Waals surface area (Å²) in [4.78, 5) is 14.7. The van der Waals surface area contributed by atoms with Crippen LogP contribution in [0, 0.1) is 0 Å². The number of hydrogen-bond acceptors (Lipinski definition) is 3. The second-order valence-electron chi connectivity index (χ2n) is 5.21. The summed E-state index contributed by atoms with van der Waals surface area (Å²) in [6.07, 6.45) is 2.79. The topological polar surface area (TPSA) is 64.4 Å². The van der Waals surface area contributed by atoms with Gasteiger partial charge in [0.15, 0.2) is 0 Å². The van der Waals surface area contributed by atoms with Crippen molar-refractivity contribution in [2.75, 3.05) is 0 Å². The molecule has 0 amide bonds. The summed E-state index contributed by atoms with van der Waals surface area (Å²) in [5.74, 6) is -1.02. The van der Waals surface area contributed by atoms with Crippen LogP contribution < -0.4 is 51.4 Å². The van der Waals surface area contributed by atoms with Gasteiger partial charge in [-0.15, -0.1) is 0 Å². The summed E-state index contributed by atoms with van der Waals surface area (Å²) in [5.41, 5.74) is 0.154. The van der Waals surface area contributed by atoms with E-state index < -0.39 is 14.0 Å². The van der Waals surface area contributed by atoms with Crippen molar-refractivity contribution < 1.29 is 67.4 Å². The molecule has 0 aliphatic carbocycles. The average Bonchev–Trinajstić information content (AvgIpc) is 2.63. The van der Waals surface area contributed by atoms with E-state index in [9.17, 15) is 4.79 Å². The van der Waals surface area contributed by atoms with Gasteiger partial charge in [0.1, 0.15) is 6.23 Å². The van der Waals surface area contributed by atoms with E-state index in [0.717, 1.165) is 0 Å². The molecule has 0 saturated heterocycles. The maximum atomic E-state index is 10.9. The molecule has 0 aromatic carbocycles. The van der Waals surface area contributed by atoms with Gasteiger partial charge >= 0.3 is 57.4 Å². The van der Waals surface area contributed by atoms with Crippen molar-refractivity contribution in [3.63, 3.8) is 0 Å². The predicted molar refractivity (Wildman–Crippen MR) is 68.9 cm³/mol. The number of carboxylic acids is 1. The zero-order chi connectivity index (χ0) is 13.2. The summed E-state index contributed by atoms with van der Waals surface area (Å²) in [6.45, 7) is 10.5. The molecular weight excluding hydrogens is 275 g/mol. The molecule has 0 saturated carbocycles. The third kappa shape index (κ3) is 4.88. The van der Waals surface area contributed by atoms with Crippen LogP contribution >= 0.6 is 0 Å². The number of imidazole rings is 1. The van der Waals surface area contributed by atoms with Crippen molar-refractivity contribution in [3.05, 3.63) is 18.2 Å². The van der Waals surface area contributed by atoms with Crippen molar-refractivity contribution in [2.45, 2.75) is 45.4 Å². The molecule has 7 heteroatoms. The molecule has 1 aromatic rings. The Balaban J connectivity index is 0. The SMILES string of the molecule is CC(O[C@@H](C)n1ccnc1C(=O)O)[Si](C)(C)C.[H-].[K+]. The van der Waals surface area contributed by atoms with Crippen LogP contribution in [0.1, 0.15) is 32.1 Å². The minimum atomic E-state index is -1.38. The van der Waals surface area contributed by atoms with Crippen LogP contribution in [0.25, 0.3) is 0 Å². The predicted octanol–water partition coefficient (Wildman–Crippen LogP) is -0.501. The van der Waals surface area contributed by atoms with E-state index >= 15 is 0 Å². The van der Waals surface area contributed by atoms with Gasteiger partial charge in [0.05, 0.1) is 8.07 Å². The van der Waals surface area contributed by atoms with Crippen molar-refractivity contribution >= 4 is 14.0 Å². The number of ether oxygens (including phenoxy) is 1. The van der Waals surface area contributed by atoms with Gasteiger partial charge in [0.25, 0.3) is 0 Å². The Morgan fingerprint density at radius 3 is 2.50 bits per heavy atom. The second kappa shape index (κ2) is 7.32. The molecule has 1 heterocycles. The quantitative estimate of drug-likeness (QED) is 0.744. The molecule has 2 atom stereocenters. The summed E-state index contributed by atoms with van der Waals surface area (Å²) < 4.78 is 7.41.